The van der Waals surface area contributed by atoms with Crippen LogP contribution in [0.15, 0.2) is 23.1 Å². The van der Waals surface area contributed by atoms with Gasteiger partial charge in [0.25, 0.3) is 0 Å². The molecule has 0 saturated carbocycles. The number of aryl methyl sites for hydroxylation is 1. The van der Waals surface area contributed by atoms with E-state index in [1.807, 2.05) is 25.1 Å². The van der Waals surface area contributed by atoms with Crippen molar-refractivity contribution in [3.05, 3.63) is 23.8 Å². The van der Waals surface area contributed by atoms with Gasteiger partial charge in [-0.25, -0.2) is 0 Å². The predicted octanol–water partition coefficient (Wildman–Crippen LogP) is 2.57. The summed E-state index contributed by atoms with van der Waals surface area (Å²) in [6.07, 6.45) is 0.191. The first kappa shape index (κ1) is 11.9. The highest BCUT2D eigenvalue weighted by Crippen LogP contribution is 2.26. The number of aliphatic carboxylic acids is 1. The number of carboxylic acids is 1. The fourth-order valence-electron chi connectivity index (χ4n) is 1.16. The highest BCUT2D eigenvalue weighted by atomic mass is 32.2. The van der Waals surface area contributed by atoms with Gasteiger partial charge >= 0.3 is 5.97 Å². The lowest BCUT2D eigenvalue weighted by Crippen LogP contribution is -1.96. The molecule has 1 aromatic carbocycles. The van der Waals surface area contributed by atoms with Gasteiger partial charge in [-0.05, 0) is 30.7 Å². The molecular weight excluding hydrogens is 212 g/mol. The number of carbonyl (C=O) groups is 1. The molecule has 0 fully saturated rings. The summed E-state index contributed by atoms with van der Waals surface area (Å²) in [4.78, 5) is 11.4. The summed E-state index contributed by atoms with van der Waals surface area (Å²) >= 11 is 1.56. The Bertz CT molecular complexity index is 350. The molecule has 0 amide bonds. The molecule has 0 radical (unpaired) electrons. The quantitative estimate of drug-likeness (QED) is 0.784. The van der Waals surface area contributed by atoms with Crippen LogP contribution in [0.1, 0.15) is 12.0 Å². The number of thioether (sulfide) groups is 1. The van der Waals surface area contributed by atoms with Gasteiger partial charge in [0, 0.05) is 10.6 Å². The fraction of sp³-hybridized carbons (Fsp3) is 0.364. The summed E-state index contributed by atoms with van der Waals surface area (Å²) in [7, 11) is 1.63. The van der Waals surface area contributed by atoms with E-state index >= 15 is 0 Å². The third kappa shape index (κ3) is 3.83. The zero-order valence-corrected chi connectivity index (χ0v) is 9.63. The smallest absolute Gasteiger partial charge is 0.304 e. The van der Waals surface area contributed by atoms with Crippen molar-refractivity contribution in [3.8, 4) is 5.75 Å². The number of rotatable bonds is 5. The number of hydrogen-bond acceptors (Lipinski definition) is 3. The summed E-state index contributed by atoms with van der Waals surface area (Å²) in [5.41, 5.74) is 1.12. The first-order valence-electron chi connectivity index (χ1n) is 4.62. The molecule has 1 aromatic rings. The van der Waals surface area contributed by atoms with Crippen molar-refractivity contribution >= 4 is 17.7 Å². The fourth-order valence-corrected chi connectivity index (χ4v) is 2.11. The zero-order chi connectivity index (χ0) is 11.3. The lowest BCUT2D eigenvalue weighted by Gasteiger charge is -2.06. The molecule has 3 nitrogen and oxygen atoms in total. The molecule has 1 N–H and O–H groups in total. The van der Waals surface area contributed by atoms with Crippen LogP contribution in [0.2, 0.25) is 0 Å². The van der Waals surface area contributed by atoms with E-state index < -0.39 is 5.97 Å². The summed E-state index contributed by atoms with van der Waals surface area (Å²) in [6.45, 7) is 1.99. The van der Waals surface area contributed by atoms with E-state index in [-0.39, 0.29) is 6.42 Å². The van der Waals surface area contributed by atoms with Crippen molar-refractivity contribution in [2.24, 2.45) is 0 Å². The molecule has 15 heavy (non-hydrogen) atoms. The minimum Gasteiger partial charge on any atom is -0.497 e. The van der Waals surface area contributed by atoms with E-state index in [9.17, 15) is 4.79 Å². The van der Waals surface area contributed by atoms with Gasteiger partial charge in [-0.15, -0.1) is 11.8 Å². The van der Waals surface area contributed by atoms with E-state index in [1.54, 1.807) is 18.9 Å². The van der Waals surface area contributed by atoms with Crippen LogP contribution in [-0.2, 0) is 4.79 Å². The van der Waals surface area contributed by atoms with E-state index in [4.69, 9.17) is 9.84 Å². The molecule has 0 bridgehead atoms. The Balaban J connectivity index is 2.58. The number of benzene rings is 1. The first-order valence-corrected chi connectivity index (χ1v) is 5.61. The molecule has 0 spiro atoms. The molecule has 82 valence electrons. The van der Waals surface area contributed by atoms with Gasteiger partial charge in [0.15, 0.2) is 0 Å². The Morgan fingerprint density at radius 2 is 2.27 bits per heavy atom. The molecule has 0 aliphatic heterocycles. The summed E-state index contributed by atoms with van der Waals surface area (Å²) in [5.74, 6) is 0.673. The SMILES string of the molecule is COc1ccc(SCCC(=O)O)c(C)c1. The van der Waals surface area contributed by atoms with Gasteiger partial charge in [0.2, 0.25) is 0 Å². The van der Waals surface area contributed by atoms with Gasteiger partial charge in [-0.2, -0.15) is 0 Å². The van der Waals surface area contributed by atoms with Crippen molar-refractivity contribution in [1.82, 2.24) is 0 Å². The maximum atomic E-state index is 10.3. The number of hydrogen-bond donors (Lipinski definition) is 1. The molecule has 0 saturated heterocycles. The molecule has 0 heterocycles. The Morgan fingerprint density at radius 1 is 1.53 bits per heavy atom. The van der Waals surface area contributed by atoms with Crippen molar-refractivity contribution in [1.29, 1.82) is 0 Å². The zero-order valence-electron chi connectivity index (χ0n) is 8.82. The van der Waals surface area contributed by atoms with Gasteiger partial charge in [0.1, 0.15) is 5.75 Å². The van der Waals surface area contributed by atoms with Crippen LogP contribution in [0.3, 0.4) is 0 Å². The van der Waals surface area contributed by atoms with Crippen LogP contribution in [-0.4, -0.2) is 23.9 Å². The monoisotopic (exact) mass is 226 g/mol. The van der Waals surface area contributed by atoms with Gasteiger partial charge in [-0.3, -0.25) is 4.79 Å². The van der Waals surface area contributed by atoms with Crippen LogP contribution in [0.25, 0.3) is 0 Å². The third-order valence-corrected chi connectivity index (χ3v) is 3.13. The molecule has 4 heteroatoms. The molecule has 0 aliphatic rings. The van der Waals surface area contributed by atoms with Crippen molar-refractivity contribution in [2.45, 2.75) is 18.2 Å². The largest absolute Gasteiger partial charge is 0.497 e. The van der Waals surface area contributed by atoms with E-state index in [0.717, 1.165) is 16.2 Å². The maximum absolute atomic E-state index is 10.3. The van der Waals surface area contributed by atoms with Gasteiger partial charge < -0.3 is 9.84 Å². The predicted molar refractivity (Wildman–Crippen MR) is 60.7 cm³/mol. The highest BCUT2D eigenvalue weighted by molar-refractivity contribution is 7.99. The summed E-state index contributed by atoms with van der Waals surface area (Å²) in [5, 5.41) is 8.51. The van der Waals surface area contributed by atoms with Crippen LogP contribution in [0.5, 0.6) is 5.75 Å². The molecule has 1 rings (SSSR count). The van der Waals surface area contributed by atoms with E-state index in [0.29, 0.717) is 5.75 Å². The number of ether oxygens (including phenoxy) is 1. The van der Waals surface area contributed by atoms with Gasteiger partial charge in [-0.1, -0.05) is 0 Å². The standard InChI is InChI=1S/C11H14O3S/c1-8-7-9(14-2)3-4-10(8)15-6-5-11(12)13/h3-4,7H,5-6H2,1-2H3,(H,12,13). The van der Waals surface area contributed by atoms with Crippen LogP contribution in [0, 0.1) is 6.92 Å². The number of methoxy groups -OCH3 is 1. The Morgan fingerprint density at radius 3 is 2.80 bits per heavy atom. The third-order valence-electron chi connectivity index (χ3n) is 1.96. The average Bonchev–Trinajstić information content (AvgIpc) is 2.20. The van der Waals surface area contributed by atoms with Gasteiger partial charge in [0.05, 0.1) is 13.5 Å². The summed E-state index contributed by atoms with van der Waals surface area (Å²) < 4.78 is 5.09. The lowest BCUT2D eigenvalue weighted by atomic mass is 10.2. The average molecular weight is 226 g/mol. The van der Waals surface area contributed by atoms with Crippen LogP contribution < -0.4 is 4.74 Å². The van der Waals surface area contributed by atoms with Crippen LogP contribution >= 0.6 is 11.8 Å². The molecule has 0 unspecified atom stereocenters. The second-order valence-electron chi connectivity index (χ2n) is 3.12. The van der Waals surface area contributed by atoms with Crippen molar-refractivity contribution in [2.75, 3.05) is 12.9 Å². The second kappa shape index (κ2) is 5.66. The first-order chi connectivity index (χ1) is 7.13. The Hall–Kier alpha value is -1.16. The molecular formula is C11H14O3S. The molecule has 0 aliphatic carbocycles. The van der Waals surface area contributed by atoms with Crippen molar-refractivity contribution < 1.29 is 14.6 Å². The Labute approximate surface area is 93.4 Å². The normalized spacial score (nSPS) is 10.0. The molecule has 0 atom stereocenters. The van der Waals surface area contributed by atoms with Crippen molar-refractivity contribution in [3.63, 3.8) is 0 Å². The minimum atomic E-state index is -0.756. The Kier molecular flexibility index (Phi) is 4.49. The summed E-state index contributed by atoms with van der Waals surface area (Å²) in [6, 6.07) is 5.79. The highest BCUT2D eigenvalue weighted by Gasteiger charge is 2.02. The minimum absolute atomic E-state index is 0.191. The second-order valence-corrected chi connectivity index (χ2v) is 4.26. The number of carboxylic acid groups (broad SMARTS) is 1. The van der Waals surface area contributed by atoms with E-state index in [1.165, 1.54) is 0 Å². The molecule has 0 aromatic heterocycles. The lowest BCUT2D eigenvalue weighted by molar-refractivity contribution is -0.136. The maximum Gasteiger partial charge on any atom is 0.304 e. The van der Waals surface area contributed by atoms with E-state index in [2.05, 4.69) is 0 Å². The topological polar surface area (TPSA) is 46.5 Å². The van der Waals surface area contributed by atoms with Crippen LogP contribution in [0.4, 0.5) is 0 Å².